The van der Waals surface area contributed by atoms with Crippen molar-refractivity contribution in [3.05, 3.63) is 71.2 Å². The van der Waals surface area contributed by atoms with Crippen LogP contribution in [0.3, 0.4) is 0 Å². The molecule has 8 nitrogen and oxygen atoms in total. The van der Waals surface area contributed by atoms with Crippen LogP contribution in [0.1, 0.15) is 86.3 Å². The molecule has 3 fully saturated rings. The molecule has 0 bridgehead atoms. The van der Waals surface area contributed by atoms with Crippen LogP contribution in [0.15, 0.2) is 48.5 Å². The molecule has 226 valence electrons. The van der Waals surface area contributed by atoms with Crippen LogP contribution in [-0.2, 0) is 11.3 Å². The van der Waals surface area contributed by atoms with Crippen LogP contribution < -0.4 is 10.1 Å². The molecule has 0 unspecified atom stereocenters. The van der Waals surface area contributed by atoms with E-state index in [9.17, 15) is 9.59 Å². The van der Waals surface area contributed by atoms with Gasteiger partial charge in [-0.2, -0.15) is 10.2 Å². The van der Waals surface area contributed by atoms with Gasteiger partial charge in [0.15, 0.2) is 0 Å². The number of benzene rings is 2. The minimum atomic E-state index is -0.614. The van der Waals surface area contributed by atoms with E-state index in [0.29, 0.717) is 42.0 Å². The summed E-state index contributed by atoms with van der Waals surface area (Å²) >= 11 is 0. The Labute approximate surface area is 252 Å². The summed E-state index contributed by atoms with van der Waals surface area (Å²) in [6.07, 6.45) is 6.82. The van der Waals surface area contributed by atoms with Crippen molar-refractivity contribution in [1.82, 2.24) is 25.3 Å². The van der Waals surface area contributed by atoms with E-state index in [1.807, 2.05) is 36.4 Å². The first-order valence-electron chi connectivity index (χ1n) is 15.6. The van der Waals surface area contributed by atoms with Crippen LogP contribution in [0.25, 0.3) is 11.3 Å². The lowest BCUT2D eigenvalue weighted by atomic mass is 9.89. The fourth-order valence-corrected chi connectivity index (χ4v) is 6.11. The Morgan fingerprint density at radius 2 is 1.77 bits per heavy atom. The van der Waals surface area contributed by atoms with Gasteiger partial charge in [-0.3, -0.25) is 9.59 Å². The van der Waals surface area contributed by atoms with Crippen LogP contribution in [-0.4, -0.2) is 63.5 Å². The zero-order valence-corrected chi connectivity index (χ0v) is 25.0. The number of amides is 2. The third-order valence-electron chi connectivity index (χ3n) is 9.04. The lowest BCUT2D eigenvalue weighted by molar-refractivity contribution is -0.128. The highest BCUT2D eigenvalue weighted by molar-refractivity contribution is 5.95. The molecular formula is C34H40FN5O3. The van der Waals surface area contributed by atoms with Gasteiger partial charge in [0.25, 0.3) is 5.91 Å². The molecule has 0 radical (unpaired) electrons. The normalized spacial score (nSPS) is 18.2. The number of ether oxygens (including phenoxy) is 1. The molecule has 2 saturated heterocycles. The van der Waals surface area contributed by atoms with Crippen LogP contribution in [0.5, 0.6) is 11.5 Å². The summed E-state index contributed by atoms with van der Waals surface area (Å²) in [5.41, 5.74) is 3.05. The Morgan fingerprint density at radius 3 is 2.37 bits per heavy atom. The minimum Gasteiger partial charge on any atom is -0.457 e. The van der Waals surface area contributed by atoms with Gasteiger partial charge in [-0.15, -0.1) is 0 Å². The van der Waals surface area contributed by atoms with Crippen LogP contribution in [0.4, 0.5) is 4.39 Å². The molecule has 3 aromatic rings. The smallest absolute Gasteiger partial charge is 0.254 e. The first kappa shape index (κ1) is 29.2. The van der Waals surface area contributed by atoms with Gasteiger partial charge in [0.2, 0.25) is 5.91 Å². The van der Waals surface area contributed by atoms with Gasteiger partial charge in [-0.05, 0) is 86.6 Å². The maximum Gasteiger partial charge on any atom is 0.254 e. The Hall–Kier alpha value is -3.85. The third kappa shape index (κ3) is 6.72. The van der Waals surface area contributed by atoms with Gasteiger partial charge >= 0.3 is 0 Å². The van der Waals surface area contributed by atoms with Crippen molar-refractivity contribution in [1.29, 1.82) is 0 Å². The molecule has 9 heteroatoms. The van der Waals surface area contributed by atoms with Crippen molar-refractivity contribution in [2.75, 3.05) is 19.6 Å². The summed E-state index contributed by atoms with van der Waals surface area (Å²) in [4.78, 5) is 29.9. The van der Waals surface area contributed by atoms with Crippen molar-refractivity contribution >= 4 is 11.8 Å². The largest absolute Gasteiger partial charge is 0.457 e. The van der Waals surface area contributed by atoms with Gasteiger partial charge in [0.1, 0.15) is 17.3 Å². The standard InChI is InChI=1S/C34H40FN5O3/c1-22(2)30-12-13-31(38-37-30)23-8-10-27(11-9-23)43-32-20-28(29(35)19-24(32)21-40-16-4-7-33(40)41)34(42)36-25-14-17-39(18-15-25)26-5-3-6-26/h8-13,19-20,22,25-26H,3-7,14-18,21H2,1-2H3,(H,36,42). The van der Waals surface area contributed by atoms with Crippen LogP contribution in [0.2, 0.25) is 0 Å². The number of hydrogen-bond acceptors (Lipinski definition) is 6. The first-order valence-corrected chi connectivity index (χ1v) is 15.6. The number of nitrogens with zero attached hydrogens (tertiary/aromatic N) is 4. The fraction of sp³-hybridized carbons (Fsp3) is 0.471. The summed E-state index contributed by atoms with van der Waals surface area (Å²) in [6.45, 7) is 6.91. The van der Waals surface area contributed by atoms with E-state index in [2.05, 4.69) is 34.3 Å². The van der Waals surface area contributed by atoms with E-state index >= 15 is 4.39 Å². The number of hydrogen-bond donors (Lipinski definition) is 1. The Kier molecular flexibility index (Phi) is 8.70. The quantitative estimate of drug-likeness (QED) is 0.328. The number of carbonyl (C=O) groups is 2. The van der Waals surface area contributed by atoms with Gasteiger partial charge in [0, 0.05) is 55.8 Å². The van der Waals surface area contributed by atoms with Crippen LogP contribution >= 0.6 is 0 Å². The van der Waals surface area contributed by atoms with Gasteiger partial charge < -0.3 is 19.9 Å². The Morgan fingerprint density at radius 1 is 1.00 bits per heavy atom. The number of likely N-dealkylation sites (tertiary alicyclic amines) is 2. The van der Waals surface area contributed by atoms with Crippen molar-refractivity contribution in [3.8, 4) is 22.8 Å². The summed E-state index contributed by atoms with van der Waals surface area (Å²) in [7, 11) is 0. The molecule has 3 heterocycles. The van der Waals surface area contributed by atoms with Crippen molar-refractivity contribution in [3.63, 3.8) is 0 Å². The van der Waals surface area contributed by atoms with E-state index in [1.165, 1.54) is 31.4 Å². The Balaban J connectivity index is 1.19. The zero-order valence-electron chi connectivity index (χ0n) is 25.0. The predicted molar refractivity (Wildman–Crippen MR) is 162 cm³/mol. The van der Waals surface area contributed by atoms with E-state index < -0.39 is 11.7 Å². The molecule has 6 rings (SSSR count). The average Bonchev–Trinajstić information content (AvgIpc) is 3.38. The average molecular weight is 586 g/mol. The molecule has 1 aliphatic carbocycles. The van der Waals surface area contributed by atoms with Crippen molar-refractivity contribution < 1.29 is 18.7 Å². The summed E-state index contributed by atoms with van der Waals surface area (Å²) < 4.78 is 21.7. The molecule has 1 N–H and O–H groups in total. The van der Waals surface area contributed by atoms with Gasteiger partial charge in [-0.1, -0.05) is 20.3 Å². The molecule has 2 aliphatic heterocycles. The maximum atomic E-state index is 15.4. The van der Waals surface area contributed by atoms with E-state index in [0.717, 1.165) is 49.3 Å². The van der Waals surface area contributed by atoms with Gasteiger partial charge in [-0.25, -0.2) is 4.39 Å². The molecule has 2 aromatic carbocycles. The van der Waals surface area contributed by atoms with Crippen LogP contribution in [0, 0.1) is 5.82 Å². The SMILES string of the molecule is CC(C)c1ccc(-c2ccc(Oc3cc(C(=O)NC4CCN(C5CCC5)CC4)c(F)cc3CN3CCCC3=O)cc2)nn1. The second-order valence-corrected chi connectivity index (χ2v) is 12.4. The maximum absolute atomic E-state index is 15.4. The second-order valence-electron chi connectivity index (χ2n) is 12.4. The minimum absolute atomic E-state index is 0.0136. The van der Waals surface area contributed by atoms with E-state index in [4.69, 9.17) is 4.74 Å². The summed E-state index contributed by atoms with van der Waals surface area (Å²) in [5, 5.41) is 11.7. The highest BCUT2D eigenvalue weighted by Crippen LogP contribution is 2.32. The predicted octanol–water partition coefficient (Wildman–Crippen LogP) is 6.07. The third-order valence-corrected chi connectivity index (χ3v) is 9.04. The van der Waals surface area contributed by atoms with Gasteiger partial charge in [0.05, 0.1) is 17.0 Å². The number of carbonyl (C=O) groups excluding carboxylic acids is 2. The molecule has 0 atom stereocenters. The number of halogens is 1. The topological polar surface area (TPSA) is 87.7 Å². The number of aromatic nitrogens is 2. The summed E-state index contributed by atoms with van der Waals surface area (Å²) in [5.74, 6) is 0.181. The number of piperidine rings is 1. The Bertz CT molecular complexity index is 1450. The van der Waals surface area contributed by atoms with Crippen molar-refractivity contribution in [2.45, 2.75) is 83.3 Å². The first-order chi connectivity index (χ1) is 20.8. The van der Waals surface area contributed by atoms with Crippen molar-refractivity contribution in [2.24, 2.45) is 0 Å². The zero-order chi connectivity index (χ0) is 29.9. The number of nitrogens with one attached hydrogen (secondary N) is 1. The van der Waals surface area contributed by atoms with E-state index in [1.54, 1.807) is 4.90 Å². The highest BCUT2D eigenvalue weighted by atomic mass is 19.1. The molecule has 43 heavy (non-hydrogen) atoms. The highest BCUT2D eigenvalue weighted by Gasteiger charge is 2.30. The lowest BCUT2D eigenvalue weighted by Crippen LogP contribution is -2.49. The fourth-order valence-electron chi connectivity index (χ4n) is 6.11. The van der Waals surface area contributed by atoms with E-state index in [-0.39, 0.29) is 24.1 Å². The molecule has 0 spiro atoms. The lowest BCUT2D eigenvalue weighted by Gasteiger charge is -2.41. The molecule has 2 amide bonds. The molecular weight excluding hydrogens is 545 g/mol. The summed E-state index contributed by atoms with van der Waals surface area (Å²) in [6, 6.07) is 14.9. The number of rotatable bonds is 9. The molecule has 1 saturated carbocycles. The molecule has 1 aromatic heterocycles. The second kappa shape index (κ2) is 12.8. The molecule has 3 aliphatic rings. The monoisotopic (exact) mass is 585 g/mol.